The normalized spacial score (nSPS) is 29.4. The lowest BCUT2D eigenvalue weighted by Crippen LogP contribution is -2.51. The predicted molar refractivity (Wildman–Crippen MR) is 77.9 cm³/mol. The summed E-state index contributed by atoms with van der Waals surface area (Å²) in [5, 5.41) is 3.18. The molecule has 0 radical (unpaired) electrons. The van der Waals surface area contributed by atoms with Gasteiger partial charge in [-0.1, -0.05) is 32.1 Å². The van der Waals surface area contributed by atoms with Crippen LogP contribution in [0.1, 0.15) is 57.8 Å². The fraction of sp³-hybridized carbons (Fsp3) is 0.933. The first-order chi connectivity index (χ1) is 9.16. The van der Waals surface area contributed by atoms with Crippen molar-refractivity contribution < 1.29 is 4.79 Å². The summed E-state index contributed by atoms with van der Waals surface area (Å²) in [6.07, 6.45) is 10.9. The molecule has 0 heterocycles. The van der Waals surface area contributed by atoms with Crippen molar-refractivity contribution in [3.8, 4) is 0 Å². The molecular weight excluding hydrogens is 238 g/mol. The summed E-state index contributed by atoms with van der Waals surface area (Å²) in [6, 6.07) is 1.03. The fourth-order valence-electron chi connectivity index (χ4n) is 3.55. The van der Waals surface area contributed by atoms with Gasteiger partial charge < -0.3 is 11.1 Å². The summed E-state index contributed by atoms with van der Waals surface area (Å²) in [5.74, 6) is 0.173. The highest BCUT2D eigenvalue weighted by atomic mass is 16.2. The topological polar surface area (TPSA) is 58.4 Å². The first kappa shape index (κ1) is 14.8. The zero-order valence-electron chi connectivity index (χ0n) is 12.2. The van der Waals surface area contributed by atoms with Crippen LogP contribution in [0.4, 0.5) is 0 Å². The molecule has 1 amide bonds. The molecule has 3 N–H and O–H groups in total. The number of hydrogen-bond donors (Lipinski definition) is 2. The molecule has 0 aromatic rings. The summed E-state index contributed by atoms with van der Waals surface area (Å²) in [5.41, 5.74) is 6.17. The van der Waals surface area contributed by atoms with Crippen molar-refractivity contribution in [1.29, 1.82) is 0 Å². The number of hydrogen-bond acceptors (Lipinski definition) is 3. The summed E-state index contributed by atoms with van der Waals surface area (Å²) in [6.45, 7) is 0.495. The van der Waals surface area contributed by atoms with Crippen molar-refractivity contribution in [1.82, 2.24) is 10.2 Å². The van der Waals surface area contributed by atoms with E-state index in [1.807, 2.05) is 7.05 Å². The first-order valence-electron chi connectivity index (χ1n) is 7.92. The van der Waals surface area contributed by atoms with Crippen molar-refractivity contribution in [3.63, 3.8) is 0 Å². The second-order valence-corrected chi connectivity index (χ2v) is 6.33. The number of nitrogens with one attached hydrogen (secondary N) is 1. The highest BCUT2D eigenvalue weighted by Crippen LogP contribution is 2.21. The molecular formula is C15H29N3O. The summed E-state index contributed by atoms with van der Waals surface area (Å²) >= 11 is 0. The Morgan fingerprint density at radius 2 is 1.74 bits per heavy atom. The molecule has 2 rings (SSSR count). The average molecular weight is 267 g/mol. The highest BCUT2D eigenvalue weighted by Gasteiger charge is 2.27. The lowest BCUT2D eigenvalue weighted by Gasteiger charge is -2.36. The Bertz CT molecular complexity index is 289. The molecule has 0 aromatic carbocycles. The van der Waals surface area contributed by atoms with Gasteiger partial charge in [0, 0.05) is 18.1 Å². The van der Waals surface area contributed by atoms with Crippen molar-refractivity contribution in [2.45, 2.75) is 75.9 Å². The van der Waals surface area contributed by atoms with Gasteiger partial charge in [-0.25, -0.2) is 0 Å². The fourth-order valence-corrected chi connectivity index (χ4v) is 3.55. The molecule has 110 valence electrons. The molecule has 2 atom stereocenters. The second kappa shape index (κ2) is 7.25. The van der Waals surface area contributed by atoms with Crippen LogP contribution in [0.15, 0.2) is 0 Å². The number of rotatable bonds is 4. The van der Waals surface area contributed by atoms with Crippen LogP contribution >= 0.6 is 0 Å². The van der Waals surface area contributed by atoms with Crippen LogP contribution in [-0.4, -0.2) is 42.5 Å². The van der Waals surface area contributed by atoms with E-state index in [4.69, 9.17) is 5.73 Å². The van der Waals surface area contributed by atoms with Gasteiger partial charge in [-0.3, -0.25) is 9.69 Å². The summed E-state index contributed by atoms with van der Waals surface area (Å²) < 4.78 is 0. The second-order valence-electron chi connectivity index (χ2n) is 6.33. The molecule has 0 aliphatic heterocycles. The number of amides is 1. The molecule has 2 aliphatic carbocycles. The number of carbonyl (C=O) groups is 1. The third-order valence-corrected chi connectivity index (χ3v) is 4.71. The Kier molecular flexibility index (Phi) is 5.64. The Morgan fingerprint density at radius 1 is 1.11 bits per heavy atom. The summed E-state index contributed by atoms with van der Waals surface area (Å²) in [4.78, 5) is 14.2. The van der Waals surface area contributed by atoms with Crippen LogP contribution < -0.4 is 11.1 Å². The molecule has 2 fully saturated rings. The van der Waals surface area contributed by atoms with Gasteiger partial charge in [0.25, 0.3) is 0 Å². The zero-order valence-corrected chi connectivity index (χ0v) is 12.2. The molecule has 0 saturated heterocycles. The lowest BCUT2D eigenvalue weighted by molar-refractivity contribution is -0.123. The maximum atomic E-state index is 12.1. The van der Waals surface area contributed by atoms with Crippen LogP contribution in [0, 0.1) is 0 Å². The Hall–Kier alpha value is -0.610. The van der Waals surface area contributed by atoms with E-state index in [1.165, 1.54) is 32.1 Å². The maximum absolute atomic E-state index is 12.1. The minimum Gasteiger partial charge on any atom is -0.352 e. The van der Waals surface area contributed by atoms with Crippen LogP contribution in [0.3, 0.4) is 0 Å². The summed E-state index contributed by atoms with van der Waals surface area (Å²) in [7, 11) is 2.04. The quantitative estimate of drug-likeness (QED) is 0.814. The van der Waals surface area contributed by atoms with Gasteiger partial charge >= 0.3 is 0 Å². The lowest BCUT2D eigenvalue weighted by atomic mass is 9.90. The number of nitrogens with two attached hydrogens (primary N) is 1. The zero-order chi connectivity index (χ0) is 13.7. The van der Waals surface area contributed by atoms with Crippen molar-refractivity contribution in [2.24, 2.45) is 5.73 Å². The van der Waals surface area contributed by atoms with E-state index in [2.05, 4.69) is 10.2 Å². The van der Waals surface area contributed by atoms with Gasteiger partial charge in [-0.2, -0.15) is 0 Å². The van der Waals surface area contributed by atoms with Crippen molar-refractivity contribution in [3.05, 3.63) is 0 Å². The largest absolute Gasteiger partial charge is 0.352 e. The molecule has 4 heteroatoms. The van der Waals surface area contributed by atoms with Gasteiger partial charge in [-0.15, -0.1) is 0 Å². The van der Waals surface area contributed by atoms with Gasteiger partial charge in [0.15, 0.2) is 0 Å². The third-order valence-electron chi connectivity index (χ3n) is 4.71. The van der Waals surface area contributed by atoms with Crippen LogP contribution in [0.2, 0.25) is 0 Å². The minimum absolute atomic E-state index is 0.173. The highest BCUT2D eigenvalue weighted by molar-refractivity contribution is 5.78. The van der Waals surface area contributed by atoms with Gasteiger partial charge in [0.1, 0.15) is 0 Å². The standard InChI is InChI=1S/C15H29N3O/c1-18(14-10-6-5-9-13(14)16)11-15(19)17-12-7-3-2-4-8-12/h12-14H,2-11,16H2,1H3,(H,17,19). The number of nitrogens with zero attached hydrogens (tertiary/aromatic N) is 1. The molecule has 0 spiro atoms. The van der Waals surface area contributed by atoms with Gasteiger partial charge in [0.05, 0.1) is 6.54 Å². The maximum Gasteiger partial charge on any atom is 0.234 e. The molecule has 0 bridgehead atoms. The first-order valence-corrected chi connectivity index (χ1v) is 7.92. The van der Waals surface area contributed by atoms with Crippen LogP contribution in [0.5, 0.6) is 0 Å². The molecule has 2 unspecified atom stereocenters. The smallest absolute Gasteiger partial charge is 0.234 e. The van der Waals surface area contributed by atoms with E-state index >= 15 is 0 Å². The Labute approximate surface area is 117 Å². The van der Waals surface area contributed by atoms with Crippen molar-refractivity contribution >= 4 is 5.91 Å². The Morgan fingerprint density at radius 3 is 2.42 bits per heavy atom. The van der Waals surface area contributed by atoms with E-state index in [-0.39, 0.29) is 11.9 Å². The number of likely N-dealkylation sites (N-methyl/N-ethyl adjacent to an activating group) is 1. The molecule has 0 aromatic heterocycles. The minimum atomic E-state index is 0.173. The SMILES string of the molecule is CN(CC(=O)NC1CCCCC1)C1CCCCC1N. The van der Waals surface area contributed by atoms with E-state index in [1.54, 1.807) is 0 Å². The molecule has 2 saturated carbocycles. The molecule has 4 nitrogen and oxygen atoms in total. The predicted octanol–water partition coefficient (Wildman–Crippen LogP) is 1.64. The van der Waals surface area contributed by atoms with Crippen LogP contribution in [-0.2, 0) is 4.79 Å². The monoisotopic (exact) mass is 267 g/mol. The van der Waals surface area contributed by atoms with E-state index in [0.717, 1.165) is 25.7 Å². The van der Waals surface area contributed by atoms with Gasteiger partial charge in [0.2, 0.25) is 5.91 Å². The average Bonchev–Trinajstić information content (AvgIpc) is 2.40. The van der Waals surface area contributed by atoms with E-state index in [9.17, 15) is 4.79 Å². The van der Waals surface area contributed by atoms with Crippen molar-refractivity contribution in [2.75, 3.05) is 13.6 Å². The van der Waals surface area contributed by atoms with E-state index in [0.29, 0.717) is 18.6 Å². The Balaban J connectivity index is 1.74. The van der Waals surface area contributed by atoms with Gasteiger partial charge in [-0.05, 0) is 32.7 Å². The molecule has 2 aliphatic rings. The molecule has 19 heavy (non-hydrogen) atoms. The third kappa shape index (κ3) is 4.46. The number of carbonyl (C=O) groups excluding carboxylic acids is 1. The van der Waals surface area contributed by atoms with E-state index < -0.39 is 0 Å². The van der Waals surface area contributed by atoms with Crippen LogP contribution in [0.25, 0.3) is 0 Å².